The van der Waals surface area contributed by atoms with Crippen LogP contribution in [0.15, 0.2) is 30.6 Å². The minimum Gasteiger partial charge on any atom is -0.339 e. The van der Waals surface area contributed by atoms with E-state index in [1.165, 1.54) is 6.33 Å². The van der Waals surface area contributed by atoms with Gasteiger partial charge in [0, 0.05) is 5.56 Å². The summed E-state index contributed by atoms with van der Waals surface area (Å²) in [4.78, 5) is 7.97. The molecule has 0 amide bonds. The third-order valence-corrected chi connectivity index (χ3v) is 2.70. The summed E-state index contributed by atoms with van der Waals surface area (Å²) in [5.41, 5.74) is 2.01. The fourth-order valence-corrected chi connectivity index (χ4v) is 1.50. The van der Waals surface area contributed by atoms with E-state index < -0.39 is 0 Å². The van der Waals surface area contributed by atoms with Crippen molar-refractivity contribution in [3.05, 3.63) is 46.9 Å². The SMILES string of the molecule is Cc1c(Cl)ncnc1Nc1ccccc1C#N. The van der Waals surface area contributed by atoms with Gasteiger partial charge in [0.2, 0.25) is 0 Å². The van der Waals surface area contributed by atoms with Crippen LogP contribution in [-0.2, 0) is 0 Å². The van der Waals surface area contributed by atoms with Crippen LogP contribution in [-0.4, -0.2) is 9.97 Å². The van der Waals surface area contributed by atoms with Crippen LogP contribution in [0.2, 0.25) is 5.15 Å². The molecule has 0 saturated heterocycles. The fraction of sp³-hybridized carbons (Fsp3) is 0.0833. The minimum absolute atomic E-state index is 0.400. The summed E-state index contributed by atoms with van der Waals surface area (Å²) in [7, 11) is 0. The molecule has 0 atom stereocenters. The fourth-order valence-electron chi connectivity index (χ4n) is 1.37. The van der Waals surface area contributed by atoms with Crippen LogP contribution in [0.5, 0.6) is 0 Å². The molecule has 0 bridgehead atoms. The molecule has 5 heteroatoms. The number of aromatic nitrogens is 2. The number of nitriles is 1. The number of para-hydroxylation sites is 1. The van der Waals surface area contributed by atoms with Crippen molar-refractivity contribution in [3.8, 4) is 6.07 Å². The first kappa shape index (κ1) is 11.4. The maximum absolute atomic E-state index is 8.97. The average molecular weight is 245 g/mol. The zero-order valence-electron chi connectivity index (χ0n) is 9.11. The maximum atomic E-state index is 8.97. The summed E-state index contributed by atoms with van der Waals surface area (Å²) in [6.45, 7) is 1.82. The van der Waals surface area contributed by atoms with Crippen LogP contribution >= 0.6 is 11.6 Å². The molecule has 2 aromatic rings. The van der Waals surface area contributed by atoms with Crippen LogP contribution in [0.3, 0.4) is 0 Å². The predicted molar refractivity (Wildman–Crippen MR) is 66.2 cm³/mol. The molecule has 0 saturated carbocycles. The minimum atomic E-state index is 0.400. The highest BCUT2D eigenvalue weighted by atomic mass is 35.5. The molecule has 0 radical (unpaired) electrons. The largest absolute Gasteiger partial charge is 0.339 e. The second-order valence-corrected chi connectivity index (χ2v) is 3.78. The van der Waals surface area contributed by atoms with Crippen molar-refractivity contribution in [2.75, 3.05) is 5.32 Å². The molecule has 0 aliphatic rings. The Morgan fingerprint density at radius 3 is 2.82 bits per heavy atom. The lowest BCUT2D eigenvalue weighted by Gasteiger charge is -2.09. The normalized spacial score (nSPS) is 9.71. The van der Waals surface area contributed by atoms with Crippen LogP contribution in [0, 0.1) is 18.3 Å². The Labute approximate surface area is 104 Å². The van der Waals surface area contributed by atoms with E-state index in [1.807, 2.05) is 25.1 Å². The Morgan fingerprint density at radius 1 is 1.29 bits per heavy atom. The standard InChI is InChI=1S/C12H9ClN4/c1-8-11(13)15-7-16-12(8)17-10-5-3-2-4-9(10)6-14/h2-5,7H,1H3,(H,15,16,17). The Hall–Kier alpha value is -2.12. The number of benzene rings is 1. The number of rotatable bonds is 2. The summed E-state index contributed by atoms with van der Waals surface area (Å²) < 4.78 is 0. The topological polar surface area (TPSA) is 61.6 Å². The molecule has 1 heterocycles. The third-order valence-electron chi connectivity index (χ3n) is 2.32. The van der Waals surface area contributed by atoms with Gasteiger partial charge in [-0.05, 0) is 19.1 Å². The van der Waals surface area contributed by atoms with Gasteiger partial charge in [0.15, 0.2) is 0 Å². The summed E-state index contributed by atoms with van der Waals surface area (Å²) in [6.07, 6.45) is 1.38. The van der Waals surface area contributed by atoms with Gasteiger partial charge in [0.25, 0.3) is 0 Å². The zero-order chi connectivity index (χ0) is 12.3. The predicted octanol–water partition coefficient (Wildman–Crippen LogP) is 3.05. The second-order valence-electron chi connectivity index (χ2n) is 3.42. The van der Waals surface area contributed by atoms with E-state index in [-0.39, 0.29) is 0 Å². The summed E-state index contributed by atoms with van der Waals surface area (Å²) in [5.74, 6) is 0.604. The van der Waals surface area contributed by atoms with Gasteiger partial charge in [-0.3, -0.25) is 0 Å². The van der Waals surface area contributed by atoms with Gasteiger partial charge in [-0.15, -0.1) is 0 Å². The third kappa shape index (κ3) is 2.35. The monoisotopic (exact) mass is 244 g/mol. The first-order valence-corrected chi connectivity index (χ1v) is 5.33. The van der Waals surface area contributed by atoms with E-state index >= 15 is 0 Å². The zero-order valence-corrected chi connectivity index (χ0v) is 9.86. The molecular formula is C12H9ClN4. The van der Waals surface area contributed by atoms with Crippen LogP contribution < -0.4 is 5.32 Å². The van der Waals surface area contributed by atoms with Gasteiger partial charge < -0.3 is 5.32 Å². The lowest BCUT2D eigenvalue weighted by molar-refractivity contribution is 1.13. The molecule has 17 heavy (non-hydrogen) atoms. The van der Waals surface area contributed by atoms with E-state index in [9.17, 15) is 0 Å². The van der Waals surface area contributed by atoms with E-state index in [4.69, 9.17) is 16.9 Å². The number of anilines is 2. The first-order valence-electron chi connectivity index (χ1n) is 4.95. The van der Waals surface area contributed by atoms with Gasteiger partial charge in [-0.2, -0.15) is 5.26 Å². The Bertz CT molecular complexity index is 589. The van der Waals surface area contributed by atoms with Gasteiger partial charge in [0.1, 0.15) is 23.4 Å². The number of nitrogens with one attached hydrogen (secondary N) is 1. The molecule has 0 aliphatic carbocycles. The van der Waals surface area contributed by atoms with Crippen LogP contribution in [0.4, 0.5) is 11.5 Å². The van der Waals surface area contributed by atoms with Gasteiger partial charge in [-0.1, -0.05) is 23.7 Å². The molecule has 2 rings (SSSR count). The number of halogens is 1. The molecular weight excluding hydrogens is 236 g/mol. The Kier molecular flexibility index (Phi) is 3.22. The summed E-state index contributed by atoms with van der Waals surface area (Å²) in [5, 5.41) is 12.4. The summed E-state index contributed by atoms with van der Waals surface area (Å²) >= 11 is 5.90. The first-order chi connectivity index (χ1) is 8.22. The Balaban J connectivity index is 2.39. The molecule has 84 valence electrons. The van der Waals surface area contributed by atoms with Crippen molar-refractivity contribution in [1.29, 1.82) is 5.26 Å². The molecule has 1 N–H and O–H groups in total. The van der Waals surface area contributed by atoms with Gasteiger partial charge >= 0.3 is 0 Å². The van der Waals surface area contributed by atoms with Gasteiger partial charge in [-0.25, -0.2) is 9.97 Å². The van der Waals surface area contributed by atoms with Crippen LogP contribution in [0.1, 0.15) is 11.1 Å². The highest BCUT2D eigenvalue weighted by Gasteiger charge is 2.07. The van der Waals surface area contributed by atoms with Crippen molar-refractivity contribution >= 4 is 23.1 Å². The van der Waals surface area contributed by atoms with Gasteiger partial charge in [0.05, 0.1) is 11.3 Å². The molecule has 0 spiro atoms. The summed E-state index contributed by atoms with van der Waals surface area (Å²) in [6, 6.07) is 9.32. The highest BCUT2D eigenvalue weighted by Crippen LogP contribution is 2.23. The molecule has 1 aromatic heterocycles. The average Bonchev–Trinajstić information content (AvgIpc) is 2.35. The number of hydrogen-bond acceptors (Lipinski definition) is 4. The van der Waals surface area contributed by atoms with E-state index in [2.05, 4.69) is 21.4 Å². The Morgan fingerprint density at radius 2 is 2.06 bits per heavy atom. The number of hydrogen-bond donors (Lipinski definition) is 1. The van der Waals surface area contributed by atoms with Crippen molar-refractivity contribution in [3.63, 3.8) is 0 Å². The molecule has 0 aliphatic heterocycles. The van der Waals surface area contributed by atoms with E-state index in [1.54, 1.807) is 6.07 Å². The lowest BCUT2D eigenvalue weighted by atomic mass is 10.2. The van der Waals surface area contributed by atoms with Crippen molar-refractivity contribution in [1.82, 2.24) is 9.97 Å². The van der Waals surface area contributed by atoms with Crippen LogP contribution in [0.25, 0.3) is 0 Å². The van der Waals surface area contributed by atoms with E-state index in [0.29, 0.717) is 22.2 Å². The van der Waals surface area contributed by atoms with Crippen molar-refractivity contribution < 1.29 is 0 Å². The van der Waals surface area contributed by atoms with Crippen molar-refractivity contribution in [2.45, 2.75) is 6.92 Å². The molecule has 4 nitrogen and oxygen atoms in total. The highest BCUT2D eigenvalue weighted by molar-refractivity contribution is 6.30. The molecule has 1 aromatic carbocycles. The van der Waals surface area contributed by atoms with E-state index in [0.717, 1.165) is 5.56 Å². The smallest absolute Gasteiger partial charge is 0.138 e. The lowest BCUT2D eigenvalue weighted by Crippen LogP contribution is -1.99. The quantitative estimate of drug-likeness (QED) is 0.825. The molecule has 0 fully saturated rings. The van der Waals surface area contributed by atoms with Crippen molar-refractivity contribution in [2.24, 2.45) is 0 Å². The number of nitrogens with zero attached hydrogens (tertiary/aromatic N) is 3. The second kappa shape index (κ2) is 4.81. The maximum Gasteiger partial charge on any atom is 0.138 e. The molecule has 0 unspecified atom stereocenters.